The third-order valence-electron chi connectivity index (χ3n) is 9.13. The Balaban J connectivity index is 1.61. The lowest BCUT2D eigenvalue weighted by Crippen LogP contribution is -2.57. The van der Waals surface area contributed by atoms with E-state index in [1.54, 1.807) is 6.92 Å². The minimum absolute atomic E-state index is 0.0292. The highest BCUT2D eigenvalue weighted by Gasteiger charge is 2.65. The third kappa shape index (κ3) is 2.58. The van der Waals surface area contributed by atoms with Gasteiger partial charge in [-0.3, -0.25) is 9.59 Å². The molecule has 4 aliphatic rings. The van der Waals surface area contributed by atoms with Crippen molar-refractivity contribution >= 4 is 11.8 Å². The smallest absolute Gasteiger partial charge is 0.302 e. The van der Waals surface area contributed by atoms with Crippen molar-refractivity contribution in [2.45, 2.75) is 90.8 Å². The Morgan fingerprint density at radius 3 is 2.44 bits per heavy atom. The maximum atomic E-state index is 12.3. The molecule has 0 radical (unpaired) electrons. The molecular formula is C23H34O4. The first-order valence-corrected chi connectivity index (χ1v) is 10.7. The second-order valence-electron chi connectivity index (χ2n) is 10.1. The van der Waals surface area contributed by atoms with Crippen LogP contribution in [0.3, 0.4) is 0 Å². The summed E-state index contributed by atoms with van der Waals surface area (Å²) in [5.74, 6) is 1.36. The van der Waals surface area contributed by atoms with Gasteiger partial charge in [0.05, 0.1) is 0 Å². The van der Waals surface area contributed by atoms with Crippen molar-refractivity contribution in [2.75, 3.05) is 0 Å². The van der Waals surface area contributed by atoms with Crippen LogP contribution in [-0.4, -0.2) is 28.6 Å². The molecule has 0 unspecified atom stereocenters. The van der Waals surface area contributed by atoms with Gasteiger partial charge in [0.15, 0.2) is 5.78 Å². The molecule has 7 atom stereocenters. The molecule has 27 heavy (non-hydrogen) atoms. The Hall–Kier alpha value is -1.16. The fourth-order valence-electron chi connectivity index (χ4n) is 7.56. The number of Topliss-reactive ketones (excluding diaryl/α,β-unsaturated/α-hetero) is 1. The number of rotatable bonds is 2. The summed E-state index contributed by atoms with van der Waals surface area (Å²) in [5, 5.41) is 11.2. The van der Waals surface area contributed by atoms with Gasteiger partial charge in [-0.25, -0.2) is 0 Å². The van der Waals surface area contributed by atoms with Gasteiger partial charge in [-0.05, 0) is 75.0 Å². The van der Waals surface area contributed by atoms with Gasteiger partial charge >= 0.3 is 5.97 Å². The van der Waals surface area contributed by atoms with Crippen LogP contribution >= 0.6 is 0 Å². The molecule has 4 nitrogen and oxygen atoms in total. The molecule has 0 aromatic carbocycles. The van der Waals surface area contributed by atoms with Gasteiger partial charge < -0.3 is 9.84 Å². The molecule has 4 heteroatoms. The average Bonchev–Trinajstić information content (AvgIpc) is 2.87. The number of hydrogen-bond acceptors (Lipinski definition) is 4. The van der Waals surface area contributed by atoms with E-state index in [1.807, 2.05) is 0 Å². The van der Waals surface area contributed by atoms with Crippen LogP contribution in [-0.2, 0) is 14.3 Å². The molecule has 0 spiro atoms. The van der Waals surface area contributed by atoms with E-state index in [0.717, 1.165) is 44.9 Å². The van der Waals surface area contributed by atoms with E-state index < -0.39 is 5.60 Å². The van der Waals surface area contributed by atoms with E-state index in [1.165, 1.54) is 12.5 Å². The molecule has 0 saturated heterocycles. The zero-order valence-corrected chi connectivity index (χ0v) is 17.2. The number of ether oxygens (including phenoxy) is 1. The fourth-order valence-corrected chi connectivity index (χ4v) is 7.56. The summed E-state index contributed by atoms with van der Waals surface area (Å²) in [5.41, 5.74) is 0.235. The summed E-state index contributed by atoms with van der Waals surface area (Å²) >= 11 is 0. The summed E-state index contributed by atoms with van der Waals surface area (Å²) in [6.07, 6.45) is 9.96. The van der Waals surface area contributed by atoms with Gasteiger partial charge in [-0.1, -0.05) is 25.5 Å². The third-order valence-corrected chi connectivity index (χ3v) is 9.13. The number of fused-ring (bicyclic) bond motifs is 5. The van der Waals surface area contributed by atoms with Gasteiger partial charge in [-0.15, -0.1) is 0 Å². The Labute approximate surface area is 162 Å². The average molecular weight is 375 g/mol. The Morgan fingerprint density at radius 2 is 1.78 bits per heavy atom. The standard InChI is InChI=1S/C23H34O4/c1-14(24)23(26)12-9-20-18-6-5-16-13-17(27-15(2)25)7-10-21(16,3)19(18)8-11-22(20,23)4/h5,17-20,26H,6-13H2,1-4H3/t17-,18-,19+,20-,21+,22+,23-/m1/s1. The van der Waals surface area contributed by atoms with E-state index in [0.29, 0.717) is 24.2 Å². The highest BCUT2D eigenvalue weighted by molar-refractivity contribution is 5.86. The Bertz CT molecular complexity index is 696. The normalized spacial score (nSPS) is 48.7. The molecule has 0 aliphatic heterocycles. The monoisotopic (exact) mass is 374 g/mol. The van der Waals surface area contributed by atoms with E-state index in [-0.39, 0.29) is 28.7 Å². The van der Waals surface area contributed by atoms with Gasteiger partial charge in [-0.2, -0.15) is 0 Å². The molecular weight excluding hydrogens is 340 g/mol. The first kappa shape index (κ1) is 19.2. The lowest BCUT2D eigenvalue weighted by molar-refractivity contribution is -0.160. The molecule has 3 saturated carbocycles. The molecule has 3 fully saturated rings. The summed E-state index contributed by atoms with van der Waals surface area (Å²) < 4.78 is 5.51. The number of hydrogen-bond donors (Lipinski definition) is 1. The van der Waals surface area contributed by atoms with Crippen LogP contribution < -0.4 is 0 Å². The Morgan fingerprint density at radius 1 is 1.07 bits per heavy atom. The topological polar surface area (TPSA) is 63.6 Å². The maximum absolute atomic E-state index is 12.3. The van der Waals surface area contributed by atoms with Crippen molar-refractivity contribution in [2.24, 2.45) is 28.6 Å². The maximum Gasteiger partial charge on any atom is 0.302 e. The molecule has 4 rings (SSSR count). The molecule has 0 aromatic heterocycles. The summed E-state index contributed by atoms with van der Waals surface area (Å²) in [6, 6.07) is 0. The zero-order valence-electron chi connectivity index (χ0n) is 17.2. The van der Waals surface area contributed by atoms with Crippen molar-refractivity contribution < 1.29 is 19.4 Å². The van der Waals surface area contributed by atoms with E-state index in [2.05, 4.69) is 19.9 Å². The molecule has 0 heterocycles. The number of ketones is 1. The minimum atomic E-state index is -1.14. The molecule has 0 aromatic rings. The SMILES string of the molecule is CC(=O)O[C@@H]1CC[C@@]2(C)C(=CC[C@H]3[C@H]4CC[C@@](O)(C(C)=O)[C@@]4(C)CC[C@@H]32)C1. The van der Waals surface area contributed by atoms with Crippen LogP contribution in [0.1, 0.15) is 79.1 Å². The van der Waals surface area contributed by atoms with Gasteiger partial charge in [0.25, 0.3) is 0 Å². The number of esters is 1. The first-order chi connectivity index (χ1) is 12.6. The zero-order chi connectivity index (χ0) is 19.6. The molecule has 0 amide bonds. The molecule has 0 bridgehead atoms. The molecule has 1 N–H and O–H groups in total. The van der Waals surface area contributed by atoms with Crippen molar-refractivity contribution in [1.29, 1.82) is 0 Å². The van der Waals surface area contributed by atoms with Crippen LogP contribution in [0, 0.1) is 28.6 Å². The van der Waals surface area contributed by atoms with E-state index >= 15 is 0 Å². The lowest BCUT2D eigenvalue weighted by atomic mass is 9.47. The van der Waals surface area contributed by atoms with Crippen molar-refractivity contribution in [3.05, 3.63) is 11.6 Å². The Kier molecular flexibility index (Phi) is 4.38. The number of carbonyl (C=O) groups excluding carboxylic acids is 2. The van der Waals surface area contributed by atoms with Gasteiger partial charge in [0.2, 0.25) is 0 Å². The lowest BCUT2D eigenvalue weighted by Gasteiger charge is -2.58. The van der Waals surface area contributed by atoms with Crippen LogP contribution in [0.5, 0.6) is 0 Å². The number of allylic oxidation sites excluding steroid dienone is 1. The van der Waals surface area contributed by atoms with E-state index in [4.69, 9.17) is 4.74 Å². The molecule has 4 aliphatic carbocycles. The summed E-state index contributed by atoms with van der Waals surface area (Å²) in [4.78, 5) is 23.7. The van der Waals surface area contributed by atoms with Crippen LogP contribution in [0.2, 0.25) is 0 Å². The first-order valence-electron chi connectivity index (χ1n) is 10.7. The highest BCUT2D eigenvalue weighted by atomic mass is 16.5. The largest absolute Gasteiger partial charge is 0.462 e. The van der Waals surface area contributed by atoms with Crippen LogP contribution in [0.25, 0.3) is 0 Å². The second kappa shape index (κ2) is 6.17. The highest BCUT2D eigenvalue weighted by Crippen LogP contribution is 2.67. The number of aliphatic hydroxyl groups is 1. The van der Waals surface area contributed by atoms with Gasteiger partial charge in [0.1, 0.15) is 11.7 Å². The minimum Gasteiger partial charge on any atom is -0.462 e. The predicted molar refractivity (Wildman–Crippen MR) is 103 cm³/mol. The second-order valence-corrected chi connectivity index (χ2v) is 10.1. The summed E-state index contributed by atoms with van der Waals surface area (Å²) in [6.45, 7) is 7.64. The van der Waals surface area contributed by atoms with Gasteiger partial charge in [0, 0.05) is 18.8 Å². The summed E-state index contributed by atoms with van der Waals surface area (Å²) in [7, 11) is 0. The number of carbonyl (C=O) groups is 2. The molecule has 150 valence electrons. The predicted octanol–water partition coefficient (Wildman–Crippen LogP) is 4.20. The fraction of sp³-hybridized carbons (Fsp3) is 0.826. The van der Waals surface area contributed by atoms with Crippen molar-refractivity contribution in [3.63, 3.8) is 0 Å². The van der Waals surface area contributed by atoms with E-state index in [9.17, 15) is 14.7 Å². The van der Waals surface area contributed by atoms with Crippen LogP contribution in [0.4, 0.5) is 0 Å². The quantitative estimate of drug-likeness (QED) is 0.581. The van der Waals surface area contributed by atoms with Crippen LogP contribution in [0.15, 0.2) is 11.6 Å². The van der Waals surface area contributed by atoms with Crippen molar-refractivity contribution in [3.8, 4) is 0 Å². The van der Waals surface area contributed by atoms with Crippen molar-refractivity contribution in [1.82, 2.24) is 0 Å².